The maximum Gasteiger partial charge on any atom is 0.0408 e. The third-order valence-corrected chi connectivity index (χ3v) is 2.78. The fourth-order valence-corrected chi connectivity index (χ4v) is 1.90. The zero-order valence-corrected chi connectivity index (χ0v) is 9.94. The Bertz CT molecular complexity index is 248. The highest BCUT2D eigenvalue weighted by atomic mass is 79.9. The summed E-state index contributed by atoms with van der Waals surface area (Å²) >= 11 is 9.30. The van der Waals surface area contributed by atoms with E-state index in [1.54, 1.807) is 0 Å². The van der Waals surface area contributed by atoms with Gasteiger partial charge in [0.25, 0.3) is 0 Å². The van der Waals surface area contributed by atoms with Crippen molar-refractivity contribution in [1.29, 1.82) is 0 Å². The van der Waals surface area contributed by atoms with Gasteiger partial charge in [-0.2, -0.15) is 0 Å². The molecule has 0 saturated carbocycles. The van der Waals surface area contributed by atoms with Crippen molar-refractivity contribution in [2.24, 2.45) is 0 Å². The largest absolute Gasteiger partial charge is 0.0928 e. The van der Waals surface area contributed by atoms with Crippen molar-refractivity contribution in [2.75, 3.05) is 5.33 Å². The van der Waals surface area contributed by atoms with Gasteiger partial charge in [-0.1, -0.05) is 46.1 Å². The summed E-state index contributed by atoms with van der Waals surface area (Å²) in [6.45, 7) is 0. The molecule has 0 radical (unpaired) electrons. The van der Waals surface area contributed by atoms with Gasteiger partial charge in [-0.05, 0) is 37.0 Å². The molecule has 0 aromatic heterocycles. The van der Waals surface area contributed by atoms with Crippen LogP contribution in [0.5, 0.6) is 0 Å². The zero-order chi connectivity index (χ0) is 9.52. The van der Waals surface area contributed by atoms with Crippen molar-refractivity contribution in [3.63, 3.8) is 0 Å². The van der Waals surface area contributed by atoms with Crippen LogP contribution in [0.3, 0.4) is 0 Å². The third-order valence-electron chi connectivity index (χ3n) is 1.99. The van der Waals surface area contributed by atoms with Crippen LogP contribution in [0.15, 0.2) is 24.3 Å². The van der Waals surface area contributed by atoms with E-state index in [9.17, 15) is 0 Å². The van der Waals surface area contributed by atoms with Crippen LogP contribution in [-0.4, -0.2) is 5.33 Å². The van der Waals surface area contributed by atoms with Gasteiger partial charge >= 0.3 is 0 Å². The van der Waals surface area contributed by atoms with Crippen LogP contribution in [0.25, 0.3) is 0 Å². The van der Waals surface area contributed by atoms with Gasteiger partial charge < -0.3 is 0 Å². The van der Waals surface area contributed by atoms with Crippen molar-refractivity contribution < 1.29 is 0 Å². The minimum Gasteiger partial charge on any atom is -0.0928 e. The van der Waals surface area contributed by atoms with Gasteiger partial charge in [0.1, 0.15) is 0 Å². The van der Waals surface area contributed by atoms with Crippen molar-refractivity contribution in [1.82, 2.24) is 0 Å². The summed E-state index contributed by atoms with van der Waals surface area (Å²) in [5.74, 6) is 0. The molecule has 0 amide bonds. The van der Waals surface area contributed by atoms with Gasteiger partial charge in [0.05, 0.1) is 0 Å². The Morgan fingerprint density at radius 1 is 1.15 bits per heavy atom. The highest BCUT2D eigenvalue weighted by Crippen LogP contribution is 2.13. The second kappa shape index (κ2) is 6.44. The molecular weight excluding hydrogens is 247 g/mol. The normalized spacial score (nSPS) is 10.3. The lowest BCUT2D eigenvalue weighted by atomic mass is 10.1. The molecule has 0 aliphatic carbocycles. The van der Waals surface area contributed by atoms with Crippen LogP contribution in [0.2, 0.25) is 5.02 Å². The number of alkyl halides is 1. The van der Waals surface area contributed by atoms with E-state index in [0.717, 1.165) is 16.8 Å². The molecule has 0 aliphatic heterocycles. The van der Waals surface area contributed by atoms with E-state index < -0.39 is 0 Å². The lowest BCUT2D eigenvalue weighted by molar-refractivity contribution is 0.724. The topological polar surface area (TPSA) is 0 Å². The van der Waals surface area contributed by atoms with Crippen LogP contribution in [0.4, 0.5) is 0 Å². The number of hydrogen-bond donors (Lipinski definition) is 0. The van der Waals surface area contributed by atoms with Crippen LogP contribution in [0, 0.1) is 0 Å². The van der Waals surface area contributed by atoms with Crippen LogP contribution >= 0.6 is 27.5 Å². The van der Waals surface area contributed by atoms with E-state index in [4.69, 9.17) is 11.6 Å². The highest BCUT2D eigenvalue weighted by molar-refractivity contribution is 9.09. The molecule has 0 spiro atoms. The molecule has 0 aliphatic rings. The summed E-state index contributed by atoms with van der Waals surface area (Å²) < 4.78 is 0. The first-order valence-electron chi connectivity index (χ1n) is 4.63. The molecule has 0 unspecified atom stereocenters. The van der Waals surface area contributed by atoms with Gasteiger partial charge in [0.15, 0.2) is 0 Å². The lowest BCUT2D eigenvalue weighted by Gasteiger charge is -2.00. The summed E-state index contributed by atoms with van der Waals surface area (Å²) in [5.41, 5.74) is 1.35. The molecule has 0 saturated heterocycles. The first kappa shape index (κ1) is 11.1. The molecule has 0 heterocycles. The summed E-state index contributed by atoms with van der Waals surface area (Å²) in [7, 11) is 0. The van der Waals surface area contributed by atoms with Crippen molar-refractivity contribution in [2.45, 2.75) is 25.7 Å². The van der Waals surface area contributed by atoms with Gasteiger partial charge in [-0.15, -0.1) is 0 Å². The molecule has 0 bridgehead atoms. The number of benzene rings is 1. The van der Waals surface area contributed by atoms with Crippen molar-refractivity contribution in [3.05, 3.63) is 34.9 Å². The molecule has 0 N–H and O–H groups in total. The van der Waals surface area contributed by atoms with Gasteiger partial charge in [-0.25, -0.2) is 0 Å². The van der Waals surface area contributed by atoms with E-state index in [2.05, 4.69) is 28.1 Å². The van der Waals surface area contributed by atoms with Crippen molar-refractivity contribution in [3.8, 4) is 0 Å². The first-order chi connectivity index (χ1) is 6.33. The van der Waals surface area contributed by atoms with Gasteiger partial charge in [0.2, 0.25) is 0 Å². The minimum absolute atomic E-state index is 0.845. The van der Waals surface area contributed by atoms with Gasteiger partial charge in [0, 0.05) is 10.4 Å². The Balaban J connectivity index is 2.28. The molecular formula is C11H14BrCl. The van der Waals surface area contributed by atoms with E-state index >= 15 is 0 Å². The number of unbranched alkanes of at least 4 members (excludes halogenated alkanes) is 2. The van der Waals surface area contributed by atoms with Crippen LogP contribution in [-0.2, 0) is 6.42 Å². The van der Waals surface area contributed by atoms with Crippen molar-refractivity contribution >= 4 is 27.5 Å². The molecule has 0 fully saturated rings. The maximum absolute atomic E-state index is 5.88. The lowest BCUT2D eigenvalue weighted by Crippen LogP contribution is -1.85. The Kier molecular flexibility index (Phi) is 5.49. The summed E-state index contributed by atoms with van der Waals surface area (Å²) in [6, 6.07) is 8.13. The standard InChI is InChI=1S/C11H14BrCl/c12-8-3-1-2-5-10-6-4-7-11(13)9-10/h4,6-7,9H,1-3,5,8H2. The number of rotatable bonds is 5. The fourth-order valence-electron chi connectivity index (χ4n) is 1.29. The Labute approximate surface area is 93.4 Å². The molecule has 0 atom stereocenters. The quantitative estimate of drug-likeness (QED) is 0.543. The SMILES string of the molecule is Clc1cccc(CCCCCBr)c1. The fraction of sp³-hybridized carbons (Fsp3) is 0.455. The van der Waals surface area contributed by atoms with E-state index in [0.29, 0.717) is 0 Å². The second-order valence-electron chi connectivity index (χ2n) is 3.13. The Morgan fingerprint density at radius 3 is 2.69 bits per heavy atom. The maximum atomic E-state index is 5.88. The average Bonchev–Trinajstić information content (AvgIpc) is 2.13. The van der Waals surface area contributed by atoms with Crippen LogP contribution < -0.4 is 0 Å². The van der Waals surface area contributed by atoms with Gasteiger partial charge in [-0.3, -0.25) is 0 Å². The Hall–Kier alpha value is -0.0100. The van der Waals surface area contributed by atoms with E-state index in [-0.39, 0.29) is 0 Å². The molecule has 2 heteroatoms. The molecule has 13 heavy (non-hydrogen) atoms. The van der Waals surface area contributed by atoms with E-state index in [1.807, 2.05) is 12.1 Å². The molecule has 72 valence electrons. The van der Waals surface area contributed by atoms with E-state index in [1.165, 1.54) is 24.8 Å². The monoisotopic (exact) mass is 260 g/mol. The summed E-state index contributed by atoms with van der Waals surface area (Å²) in [6.07, 6.45) is 4.96. The summed E-state index contributed by atoms with van der Waals surface area (Å²) in [5, 5.41) is 1.96. The number of hydrogen-bond acceptors (Lipinski definition) is 0. The number of halogens is 2. The minimum atomic E-state index is 0.845. The Morgan fingerprint density at radius 2 is 2.00 bits per heavy atom. The molecule has 1 aromatic rings. The predicted octanol–water partition coefficient (Wildman–Crippen LogP) is 4.45. The first-order valence-corrected chi connectivity index (χ1v) is 6.13. The zero-order valence-electron chi connectivity index (χ0n) is 7.60. The predicted molar refractivity (Wildman–Crippen MR) is 62.8 cm³/mol. The highest BCUT2D eigenvalue weighted by Gasteiger charge is 1.94. The smallest absolute Gasteiger partial charge is 0.0408 e. The average molecular weight is 262 g/mol. The summed E-state index contributed by atoms with van der Waals surface area (Å²) in [4.78, 5) is 0. The second-order valence-corrected chi connectivity index (χ2v) is 4.36. The molecule has 1 aromatic carbocycles. The number of aryl methyl sites for hydroxylation is 1. The third kappa shape index (κ3) is 4.68. The van der Waals surface area contributed by atoms with Crippen LogP contribution in [0.1, 0.15) is 24.8 Å². The molecule has 0 nitrogen and oxygen atoms in total. The molecule has 1 rings (SSSR count).